The summed E-state index contributed by atoms with van der Waals surface area (Å²) in [5.41, 5.74) is 5.46. The van der Waals surface area contributed by atoms with Crippen LogP contribution in [0.2, 0.25) is 0 Å². The molecule has 0 aromatic heterocycles. The number of amides is 6. The van der Waals surface area contributed by atoms with Crippen LogP contribution in [0.5, 0.6) is 0 Å². The number of hydrogen-bond acceptors (Lipinski definition) is 18. The number of hydrogen-bond donors (Lipinski definition) is 10. The minimum absolute atomic E-state index is 0.105. The first-order valence-electron chi connectivity index (χ1n) is 31.3. The number of carbonyl (C=O) groups excluding carboxylic acids is 9. The molecule has 25 nitrogen and oxygen atoms in total. The summed E-state index contributed by atoms with van der Waals surface area (Å²) in [5, 5.41) is 41.4. The Morgan fingerprint density at radius 3 is 1.52 bits per heavy atom. The highest BCUT2D eigenvalue weighted by Gasteiger charge is 2.37. The van der Waals surface area contributed by atoms with Gasteiger partial charge in [-0.1, -0.05) is 168 Å². The Morgan fingerprint density at radius 1 is 0.588 bits per heavy atom. The van der Waals surface area contributed by atoms with Crippen LogP contribution in [-0.2, 0) is 71.0 Å². The quantitative estimate of drug-likeness (QED) is 0.0153. The second kappa shape index (κ2) is 50.4. The Morgan fingerprint density at radius 2 is 1.06 bits per heavy atom. The molecular weight excluding hydrogens is 1130 g/mol. The smallest absolute Gasteiger partial charge is 0.462 e. The van der Waals surface area contributed by atoms with E-state index in [1.165, 1.54) is 130 Å². The van der Waals surface area contributed by atoms with E-state index in [0.29, 0.717) is 12.8 Å². The van der Waals surface area contributed by atoms with Gasteiger partial charge >= 0.3 is 19.8 Å². The Kier molecular flexibility index (Phi) is 47.6. The number of nitrogens with two attached hydrogens (primary N) is 1. The number of unbranched alkanes of at least 4 members (excludes halogenated alkanes) is 24. The monoisotopic (exact) mass is 1240 g/mol. The standard InChI is InChI=1S/C59H109N6O19P/c1-7-9-11-13-15-17-19-21-23-25-27-29-31-33-52(71)80-41-47(84-53(72)34-32-30-28-26-24-22-20-18-16-14-12-10-8-2)42-82-85(78,79)81-38-37-61-57(75)43(3)62-51(70)36-35-48(56(60)74)65-58(76)44(4)63-59(77)45(5)83-55(54(73)50(69)40-67)49(39-66)64-46(6)68/h39,43-45,47-50,54-55,67,69,73H,7-38,40-42H2,1-6H3,(H2,60,74)(H,61,75)(H,62,70)(H,63,77)(H,64,68)(H,65,76)(H,78,79)/t43?,44-,45+,47-,48-,49+,50+,54+,55?/m1/s1. The zero-order valence-corrected chi connectivity index (χ0v) is 52.9. The molecule has 0 spiro atoms. The minimum atomic E-state index is -4.81. The summed E-state index contributed by atoms with van der Waals surface area (Å²) in [4.78, 5) is 123. The third-order valence-corrected chi connectivity index (χ3v) is 15.1. The van der Waals surface area contributed by atoms with Crippen molar-refractivity contribution in [2.24, 2.45) is 5.73 Å². The number of nitrogens with one attached hydrogen (secondary N) is 5. The largest absolute Gasteiger partial charge is 0.472 e. The number of ether oxygens (including phenoxy) is 3. The summed E-state index contributed by atoms with van der Waals surface area (Å²) in [7, 11) is -4.81. The molecule has 0 aliphatic rings. The molecule has 10 atom stereocenters. The molecule has 0 aliphatic carbocycles. The van der Waals surface area contributed by atoms with E-state index < -0.39 is 143 Å². The van der Waals surface area contributed by atoms with Gasteiger partial charge in [-0.15, -0.1) is 0 Å². The van der Waals surface area contributed by atoms with Crippen molar-refractivity contribution >= 4 is 61.5 Å². The number of rotatable bonds is 56. The number of esters is 2. The van der Waals surface area contributed by atoms with Gasteiger partial charge < -0.3 is 71.5 Å². The number of aldehydes is 1. The van der Waals surface area contributed by atoms with E-state index in [1.807, 2.05) is 0 Å². The van der Waals surface area contributed by atoms with Gasteiger partial charge in [0.15, 0.2) is 6.10 Å². The lowest BCUT2D eigenvalue weighted by Crippen LogP contribution is -2.57. The zero-order valence-electron chi connectivity index (χ0n) is 52.0. The lowest BCUT2D eigenvalue weighted by molar-refractivity contribution is -0.161. The molecule has 11 N–H and O–H groups in total. The molecule has 494 valence electrons. The number of phosphoric acid groups is 1. The van der Waals surface area contributed by atoms with Crippen molar-refractivity contribution in [3.05, 3.63) is 0 Å². The van der Waals surface area contributed by atoms with Crippen molar-refractivity contribution in [3.63, 3.8) is 0 Å². The summed E-state index contributed by atoms with van der Waals surface area (Å²) < 4.78 is 39.5. The molecule has 3 unspecified atom stereocenters. The maximum atomic E-state index is 13.0. The van der Waals surface area contributed by atoms with E-state index in [0.717, 1.165) is 51.9 Å². The van der Waals surface area contributed by atoms with Gasteiger partial charge in [0.1, 0.15) is 61.5 Å². The molecule has 6 amide bonds. The lowest BCUT2D eigenvalue weighted by Gasteiger charge is -2.32. The zero-order chi connectivity index (χ0) is 63.8. The predicted octanol–water partition coefficient (Wildman–Crippen LogP) is 5.60. The summed E-state index contributed by atoms with van der Waals surface area (Å²) in [6.45, 7) is 6.40. The first-order valence-corrected chi connectivity index (χ1v) is 32.8. The molecule has 0 bridgehead atoms. The van der Waals surface area contributed by atoms with Crippen molar-refractivity contribution in [2.45, 2.75) is 289 Å². The molecule has 0 aromatic carbocycles. The van der Waals surface area contributed by atoms with E-state index in [1.54, 1.807) is 0 Å². The summed E-state index contributed by atoms with van der Waals surface area (Å²) >= 11 is 0. The van der Waals surface area contributed by atoms with Crippen LogP contribution in [0.4, 0.5) is 0 Å². The van der Waals surface area contributed by atoms with Crippen LogP contribution in [0, 0.1) is 0 Å². The molecule has 0 saturated carbocycles. The molecule has 26 heteroatoms. The van der Waals surface area contributed by atoms with Crippen LogP contribution in [-0.4, -0.2) is 162 Å². The number of aliphatic hydroxyl groups excluding tert-OH is 3. The fraction of sp³-hybridized carbons (Fsp3) is 0.847. The summed E-state index contributed by atoms with van der Waals surface area (Å²) in [6, 6.07) is -5.52. The maximum Gasteiger partial charge on any atom is 0.472 e. The molecule has 0 fully saturated rings. The van der Waals surface area contributed by atoms with Crippen LogP contribution in [0.3, 0.4) is 0 Å². The highest BCUT2D eigenvalue weighted by molar-refractivity contribution is 7.47. The van der Waals surface area contributed by atoms with Crippen molar-refractivity contribution in [1.82, 2.24) is 26.6 Å². The third-order valence-electron chi connectivity index (χ3n) is 14.1. The number of primary amides is 1. The summed E-state index contributed by atoms with van der Waals surface area (Å²) in [6.07, 6.45) is 21.3. The highest BCUT2D eigenvalue weighted by Crippen LogP contribution is 2.43. The lowest BCUT2D eigenvalue weighted by atomic mass is 10.0. The average Bonchev–Trinajstić information content (AvgIpc) is 3.67. The molecule has 0 aromatic rings. The Hall–Kier alpha value is -4.62. The van der Waals surface area contributed by atoms with E-state index in [-0.39, 0.29) is 32.1 Å². The molecule has 85 heavy (non-hydrogen) atoms. The molecule has 0 rings (SSSR count). The van der Waals surface area contributed by atoms with Crippen LogP contribution in [0.15, 0.2) is 0 Å². The van der Waals surface area contributed by atoms with E-state index in [4.69, 9.17) is 29.0 Å². The first-order chi connectivity index (χ1) is 40.5. The molecule has 0 aliphatic heterocycles. The van der Waals surface area contributed by atoms with Crippen molar-refractivity contribution in [2.75, 3.05) is 33.0 Å². The van der Waals surface area contributed by atoms with Gasteiger partial charge in [-0.05, 0) is 40.0 Å². The molecule has 0 radical (unpaired) electrons. The van der Waals surface area contributed by atoms with Crippen LogP contribution >= 0.6 is 7.82 Å². The predicted molar refractivity (Wildman–Crippen MR) is 319 cm³/mol. The van der Waals surface area contributed by atoms with Gasteiger partial charge in [-0.2, -0.15) is 0 Å². The van der Waals surface area contributed by atoms with Crippen molar-refractivity contribution < 1.29 is 91.2 Å². The van der Waals surface area contributed by atoms with Crippen molar-refractivity contribution in [3.8, 4) is 0 Å². The minimum Gasteiger partial charge on any atom is -0.462 e. The third kappa shape index (κ3) is 42.8. The van der Waals surface area contributed by atoms with E-state index >= 15 is 0 Å². The molecular formula is C59H109N6O19P. The van der Waals surface area contributed by atoms with E-state index in [2.05, 4.69) is 40.4 Å². The van der Waals surface area contributed by atoms with Crippen LogP contribution in [0.25, 0.3) is 0 Å². The fourth-order valence-corrected chi connectivity index (χ4v) is 9.71. The van der Waals surface area contributed by atoms with Gasteiger partial charge in [-0.3, -0.25) is 47.4 Å². The highest BCUT2D eigenvalue weighted by atomic mass is 31.2. The molecule has 0 heterocycles. The second-order valence-electron chi connectivity index (χ2n) is 22.0. The van der Waals surface area contributed by atoms with Gasteiger partial charge in [0.2, 0.25) is 35.4 Å². The Labute approximate surface area is 505 Å². The van der Waals surface area contributed by atoms with Gasteiger partial charge in [0.05, 0.1) is 19.8 Å². The SMILES string of the molecule is CCCCCCCCCCCCCCCC(=O)OC[C@H](COP(=O)(O)OCCNC(=O)C(C)NC(=O)CC[C@@H](NC(=O)[C@@H](C)NC(=O)[C@H](C)OC([C@H](C=O)NC(C)=O)[C@@H](O)[C@@H](O)CO)C(N)=O)OC(=O)CCCCCCCCCCCCCCC. The first kappa shape index (κ1) is 80.4. The van der Waals surface area contributed by atoms with Gasteiger partial charge in [-0.25, -0.2) is 4.57 Å². The summed E-state index contributed by atoms with van der Waals surface area (Å²) in [5.74, 6) is -6.18. The molecule has 0 saturated heterocycles. The van der Waals surface area contributed by atoms with Crippen molar-refractivity contribution in [1.29, 1.82) is 0 Å². The Balaban J connectivity index is 5.13. The maximum absolute atomic E-state index is 13.0. The second-order valence-corrected chi connectivity index (χ2v) is 23.5. The number of aliphatic hydroxyl groups is 3. The number of phosphoric ester groups is 1. The van der Waals surface area contributed by atoms with Gasteiger partial charge in [0, 0.05) is 32.7 Å². The Bertz CT molecular complexity index is 1940. The van der Waals surface area contributed by atoms with Crippen LogP contribution < -0.4 is 32.3 Å². The van der Waals surface area contributed by atoms with Gasteiger partial charge in [0.25, 0.3) is 0 Å². The topological polar surface area (TPSA) is 384 Å². The average molecular weight is 1240 g/mol. The normalized spacial score (nSPS) is 15.3. The number of carbonyl (C=O) groups is 9. The van der Waals surface area contributed by atoms with Crippen LogP contribution in [0.1, 0.15) is 234 Å². The van der Waals surface area contributed by atoms with E-state index in [9.17, 15) is 67.9 Å². The fourth-order valence-electron chi connectivity index (χ4n) is 8.96.